The molecule has 0 fully saturated rings. The van der Waals surface area contributed by atoms with Gasteiger partial charge in [0.15, 0.2) is 5.78 Å². The molecule has 2 aromatic rings. The van der Waals surface area contributed by atoms with Gasteiger partial charge in [0, 0.05) is 12.0 Å². The lowest BCUT2D eigenvalue weighted by Gasteiger charge is -2.19. The van der Waals surface area contributed by atoms with E-state index >= 15 is 0 Å². The standard InChI is InChI=1S/C16H15F2NO/c1-10(15(19)11-5-3-2-4-6-11)16(20)13-9-12(17)7-8-14(13)18/h2-10,15H,19H2,1H3. The highest BCUT2D eigenvalue weighted by Crippen LogP contribution is 2.24. The number of nitrogens with two attached hydrogens (primary N) is 1. The van der Waals surface area contributed by atoms with Gasteiger partial charge in [0.05, 0.1) is 5.56 Å². The summed E-state index contributed by atoms with van der Waals surface area (Å²) in [6.45, 7) is 1.62. The largest absolute Gasteiger partial charge is 0.323 e. The minimum Gasteiger partial charge on any atom is -0.323 e. The lowest BCUT2D eigenvalue weighted by atomic mass is 9.88. The van der Waals surface area contributed by atoms with Crippen LogP contribution in [0.15, 0.2) is 48.5 Å². The Morgan fingerprint density at radius 1 is 1.10 bits per heavy atom. The van der Waals surface area contributed by atoms with Gasteiger partial charge in [0.1, 0.15) is 11.6 Å². The van der Waals surface area contributed by atoms with Crippen molar-refractivity contribution in [3.63, 3.8) is 0 Å². The summed E-state index contributed by atoms with van der Waals surface area (Å²) < 4.78 is 26.8. The Morgan fingerprint density at radius 3 is 2.40 bits per heavy atom. The summed E-state index contributed by atoms with van der Waals surface area (Å²) in [6.07, 6.45) is 0. The average molecular weight is 275 g/mol. The Labute approximate surface area is 116 Å². The topological polar surface area (TPSA) is 43.1 Å². The van der Waals surface area contributed by atoms with E-state index in [0.29, 0.717) is 0 Å². The average Bonchev–Trinajstić information content (AvgIpc) is 2.48. The van der Waals surface area contributed by atoms with Gasteiger partial charge in [0.2, 0.25) is 0 Å². The van der Waals surface area contributed by atoms with Gasteiger partial charge in [-0.1, -0.05) is 37.3 Å². The smallest absolute Gasteiger partial charge is 0.170 e. The van der Waals surface area contributed by atoms with Gasteiger partial charge in [0.25, 0.3) is 0 Å². The van der Waals surface area contributed by atoms with Crippen molar-refractivity contribution in [1.29, 1.82) is 0 Å². The molecule has 0 aliphatic carbocycles. The van der Waals surface area contributed by atoms with Crippen LogP contribution in [0.3, 0.4) is 0 Å². The van der Waals surface area contributed by atoms with Crippen molar-refractivity contribution >= 4 is 5.78 Å². The molecule has 0 aliphatic rings. The van der Waals surface area contributed by atoms with Crippen LogP contribution >= 0.6 is 0 Å². The third-order valence-electron chi connectivity index (χ3n) is 3.33. The molecule has 0 saturated carbocycles. The summed E-state index contributed by atoms with van der Waals surface area (Å²) in [4.78, 5) is 12.2. The second kappa shape index (κ2) is 5.92. The van der Waals surface area contributed by atoms with Crippen molar-refractivity contribution in [2.75, 3.05) is 0 Å². The predicted octanol–water partition coefficient (Wildman–Crippen LogP) is 3.48. The van der Waals surface area contributed by atoms with E-state index in [4.69, 9.17) is 5.73 Å². The van der Waals surface area contributed by atoms with Crippen molar-refractivity contribution in [2.45, 2.75) is 13.0 Å². The third kappa shape index (κ3) is 2.91. The quantitative estimate of drug-likeness (QED) is 0.868. The maximum atomic E-state index is 13.6. The molecule has 0 radical (unpaired) electrons. The number of carbonyl (C=O) groups excluding carboxylic acids is 1. The zero-order valence-electron chi connectivity index (χ0n) is 11.0. The van der Waals surface area contributed by atoms with Crippen molar-refractivity contribution in [2.24, 2.45) is 11.7 Å². The number of hydrogen-bond donors (Lipinski definition) is 1. The summed E-state index contributed by atoms with van der Waals surface area (Å²) in [5.74, 6) is -2.52. The number of carbonyl (C=O) groups is 1. The third-order valence-corrected chi connectivity index (χ3v) is 3.33. The maximum Gasteiger partial charge on any atom is 0.170 e. The van der Waals surface area contributed by atoms with Crippen molar-refractivity contribution < 1.29 is 13.6 Å². The lowest BCUT2D eigenvalue weighted by molar-refractivity contribution is 0.0908. The van der Waals surface area contributed by atoms with Crippen LogP contribution in [-0.2, 0) is 0 Å². The normalized spacial score (nSPS) is 13.8. The molecule has 4 heteroatoms. The highest BCUT2D eigenvalue weighted by atomic mass is 19.1. The molecular formula is C16H15F2NO. The molecule has 0 aromatic heterocycles. The van der Waals surface area contributed by atoms with Crippen molar-refractivity contribution in [3.8, 4) is 0 Å². The fraction of sp³-hybridized carbons (Fsp3) is 0.188. The molecule has 0 aliphatic heterocycles. The van der Waals surface area contributed by atoms with Crippen LogP contribution in [0.1, 0.15) is 28.9 Å². The van der Waals surface area contributed by atoms with E-state index in [0.717, 1.165) is 23.8 Å². The number of benzene rings is 2. The number of Topliss-reactive ketones (excluding diaryl/α,β-unsaturated/α-hetero) is 1. The minimum atomic E-state index is -0.733. The Morgan fingerprint density at radius 2 is 1.75 bits per heavy atom. The molecule has 2 rings (SSSR count). The van der Waals surface area contributed by atoms with E-state index in [1.54, 1.807) is 19.1 Å². The molecule has 20 heavy (non-hydrogen) atoms. The highest BCUT2D eigenvalue weighted by molar-refractivity contribution is 5.98. The molecule has 2 atom stereocenters. The summed E-state index contributed by atoms with van der Waals surface area (Å²) in [6, 6.07) is 11.3. The molecule has 0 bridgehead atoms. The molecule has 104 valence electrons. The predicted molar refractivity (Wildman–Crippen MR) is 73.2 cm³/mol. The van der Waals surface area contributed by atoms with Gasteiger partial charge in [-0.25, -0.2) is 8.78 Å². The maximum absolute atomic E-state index is 13.6. The highest BCUT2D eigenvalue weighted by Gasteiger charge is 2.25. The second-order valence-corrected chi connectivity index (χ2v) is 4.71. The van der Waals surface area contributed by atoms with Gasteiger partial charge in [-0.15, -0.1) is 0 Å². The summed E-state index contributed by atoms with van der Waals surface area (Å²) in [5, 5.41) is 0. The van der Waals surface area contributed by atoms with E-state index < -0.39 is 29.4 Å². The zero-order valence-corrected chi connectivity index (χ0v) is 11.0. The van der Waals surface area contributed by atoms with Crippen LogP contribution in [0, 0.1) is 17.6 Å². The van der Waals surface area contributed by atoms with Crippen LogP contribution in [-0.4, -0.2) is 5.78 Å². The van der Waals surface area contributed by atoms with E-state index in [-0.39, 0.29) is 5.56 Å². The molecule has 0 amide bonds. The van der Waals surface area contributed by atoms with Gasteiger partial charge in [-0.05, 0) is 23.8 Å². The fourth-order valence-electron chi connectivity index (χ4n) is 2.06. The van der Waals surface area contributed by atoms with Gasteiger partial charge in [-0.3, -0.25) is 4.79 Å². The fourth-order valence-corrected chi connectivity index (χ4v) is 2.06. The SMILES string of the molecule is CC(C(=O)c1cc(F)ccc1F)C(N)c1ccccc1. The lowest BCUT2D eigenvalue weighted by Crippen LogP contribution is -2.26. The Bertz CT molecular complexity index is 613. The monoisotopic (exact) mass is 275 g/mol. The van der Waals surface area contributed by atoms with Crippen LogP contribution < -0.4 is 5.73 Å². The van der Waals surface area contributed by atoms with Crippen molar-refractivity contribution in [1.82, 2.24) is 0 Å². The summed E-state index contributed by atoms with van der Waals surface area (Å²) in [7, 11) is 0. The first-order valence-corrected chi connectivity index (χ1v) is 6.30. The minimum absolute atomic E-state index is 0.260. The van der Waals surface area contributed by atoms with Crippen LogP contribution in [0.25, 0.3) is 0 Å². The van der Waals surface area contributed by atoms with E-state index in [1.807, 2.05) is 18.2 Å². The van der Waals surface area contributed by atoms with Gasteiger partial charge >= 0.3 is 0 Å². The molecule has 2 aromatic carbocycles. The molecule has 0 saturated heterocycles. The summed E-state index contributed by atoms with van der Waals surface area (Å²) in [5.41, 5.74) is 6.55. The molecule has 2 nitrogen and oxygen atoms in total. The zero-order chi connectivity index (χ0) is 14.7. The number of rotatable bonds is 4. The van der Waals surface area contributed by atoms with Gasteiger partial charge in [-0.2, -0.15) is 0 Å². The van der Waals surface area contributed by atoms with E-state index in [9.17, 15) is 13.6 Å². The Hall–Kier alpha value is -2.07. The first-order chi connectivity index (χ1) is 9.50. The van der Waals surface area contributed by atoms with E-state index in [1.165, 1.54) is 0 Å². The van der Waals surface area contributed by atoms with Crippen molar-refractivity contribution in [3.05, 3.63) is 71.3 Å². The van der Waals surface area contributed by atoms with Gasteiger partial charge < -0.3 is 5.73 Å². The van der Waals surface area contributed by atoms with Crippen LogP contribution in [0.2, 0.25) is 0 Å². The molecule has 0 spiro atoms. The number of hydrogen-bond acceptors (Lipinski definition) is 2. The van der Waals surface area contributed by atoms with E-state index in [2.05, 4.69) is 0 Å². The van der Waals surface area contributed by atoms with Crippen LogP contribution in [0.5, 0.6) is 0 Å². The first kappa shape index (κ1) is 14.3. The number of ketones is 1. The summed E-state index contributed by atoms with van der Waals surface area (Å²) >= 11 is 0. The number of halogens is 2. The molecular weight excluding hydrogens is 260 g/mol. The van der Waals surface area contributed by atoms with Crippen LogP contribution in [0.4, 0.5) is 8.78 Å². The molecule has 2 N–H and O–H groups in total. The molecule has 2 unspecified atom stereocenters. The Balaban J connectivity index is 2.27. The second-order valence-electron chi connectivity index (χ2n) is 4.71. The Kier molecular flexibility index (Phi) is 4.25. The first-order valence-electron chi connectivity index (χ1n) is 6.30. The molecule has 0 heterocycles.